The number of hydrogen-bond donors (Lipinski definition) is 3. The summed E-state index contributed by atoms with van der Waals surface area (Å²) in [5.41, 5.74) is 2.67. The number of carbonyl (C=O) groups excluding carboxylic acids is 2. The van der Waals surface area contributed by atoms with Gasteiger partial charge in [0, 0.05) is 18.3 Å². The molecule has 0 heterocycles. The van der Waals surface area contributed by atoms with Gasteiger partial charge in [-0.15, -0.1) is 0 Å². The van der Waals surface area contributed by atoms with Gasteiger partial charge in [-0.05, 0) is 22.6 Å². The van der Waals surface area contributed by atoms with Crippen molar-refractivity contribution in [2.45, 2.75) is 32.1 Å². The Morgan fingerprint density at radius 2 is 1.36 bits per heavy atom. The van der Waals surface area contributed by atoms with Crippen molar-refractivity contribution in [2.75, 3.05) is 19.8 Å². The predicted octanol–water partition coefficient (Wildman–Crippen LogP) is 2.73. The molecule has 3 rings (SSSR count). The molecule has 28 heavy (non-hydrogen) atoms. The van der Waals surface area contributed by atoms with Crippen LogP contribution in [0.3, 0.4) is 0 Å². The topological polar surface area (TPSA) is 94.8 Å². The molecule has 150 valence electrons. The molecule has 5 nitrogen and oxygen atoms in total. The van der Waals surface area contributed by atoms with Crippen molar-refractivity contribution in [1.82, 2.24) is 0 Å². The summed E-state index contributed by atoms with van der Waals surface area (Å²) in [7, 11) is 0. The third-order valence-electron chi connectivity index (χ3n) is 4.95. The molecule has 1 aliphatic carbocycles. The van der Waals surface area contributed by atoms with Gasteiger partial charge in [0.05, 0.1) is 26.2 Å². The van der Waals surface area contributed by atoms with E-state index < -0.39 is 5.41 Å². The highest BCUT2D eigenvalue weighted by Crippen LogP contribution is 2.31. The summed E-state index contributed by atoms with van der Waals surface area (Å²) in [5.74, 6) is 0.181. The lowest BCUT2D eigenvalue weighted by Gasteiger charge is -2.21. The van der Waals surface area contributed by atoms with E-state index in [1.165, 1.54) is 0 Å². The summed E-state index contributed by atoms with van der Waals surface area (Å²) < 4.78 is 0. The van der Waals surface area contributed by atoms with E-state index in [0.29, 0.717) is 12.8 Å². The van der Waals surface area contributed by atoms with Crippen LogP contribution in [0, 0.1) is 5.41 Å². The molecule has 0 saturated heterocycles. The maximum atomic E-state index is 11.6. The van der Waals surface area contributed by atoms with Crippen LogP contribution >= 0.6 is 0 Å². The average Bonchev–Trinajstić information content (AvgIpc) is 2.74. The van der Waals surface area contributed by atoms with Gasteiger partial charge in [0.2, 0.25) is 0 Å². The molecule has 0 radical (unpaired) electrons. The monoisotopic (exact) mass is 384 g/mol. The minimum absolute atomic E-state index is 0.0485. The van der Waals surface area contributed by atoms with Crippen molar-refractivity contribution < 1.29 is 24.9 Å². The molecule has 0 aliphatic heterocycles. The highest BCUT2D eigenvalue weighted by Gasteiger charge is 2.26. The molecule has 1 saturated carbocycles. The Morgan fingerprint density at radius 1 is 0.821 bits per heavy atom. The fourth-order valence-corrected chi connectivity index (χ4v) is 2.97. The van der Waals surface area contributed by atoms with Crippen LogP contribution in [-0.2, 0) is 9.59 Å². The highest BCUT2D eigenvalue weighted by molar-refractivity contribution is 6.02. The van der Waals surface area contributed by atoms with Crippen LogP contribution in [0.5, 0.6) is 0 Å². The SMILES string of the molecule is CC(CO)(CO)CO.O=C1CC(=O)CC(c2cccc(-c3ccccc3)c2)C1. The molecule has 0 aromatic heterocycles. The van der Waals surface area contributed by atoms with Crippen molar-refractivity contribution in [1.29, 1.82) is 0 Å². The van der Waals surface area contributed by atoms with E-state index >= 15 is 0 Å². The second-order valence-electron chi connectivity index (χ2n) is 7.64. The first kappa shape index (κ1) is 22.0. The van der Waals surface area contributed by atoms with Crippen LogP contribution in [0.15, 0.2) is 54.6 Å². The minimum Gasteiger partial charge on any atom is -0.396 e. The van der Waals surface area contributed by atoms with Crippen molar-refractivity contribution in [3.05, 3.63) is 60.2 Å². The maximum absolute atomic E-state index is 11.6. The lowest BCUT2D eigenvalue weighted by Crippen LogP contribution is -2.29. The standard InChI is InChI=1S/C18H16O2.C5H12O3/c19-17-10-16(11-18(20)12-17)15-8-4-7-14(9-15)13-5-2-1-3-6-13;1-5(2-6,3-7)4-8/h1-9,16H,10-12H2;6-8H,2-4H2,1H3. The minimum atomic E-state index is -0.708. The van der Waals surface area contributed by atoms with Gasteiger partial charge in [-0.1, -0.05) is 61.5 Å². The number of Topliss-reactive ketones (excluding diaryl/α,β-unsaturated/α-hetero) is 2. The highest BCUT2D eigenvalue weighted by atomic mass is 16.3. The number of aliphatic hydroxyl groups excluding tert-OH is 3. The number of benzene rings is 2. The summed E-state index contributed by atoms with van der Waals surface area (Å²) in [4.78, 5) is 23.2. The Labute approximate surface area is 165 Å². The van der Waals surface area contributed by atoms with E-state index in [1.807, 2.05) is 30.3 Å². The molecule has 3 N–H and O–H groups in total. The van der Waals surface area contributed by atoms with Crippen molar-refractivity contribution in [2.24, 2.45) is 5.41 Å². The quantitative estimate of drug-likeness (QED) is 0.689. The lowest BCUT2D eigenvalue weighted by molar-refractivity contribution is -0.130. The van der Waals surface area contributed by atoms with Crippen LogP contribution in [0.2, 0.25) is 0 Å². The smallest absolute Gasteiger partial charge is 0.140 e. The number of rotatable bonds is 5. The largest absolute Gasteiger partial charge is 0.396 e. The maximum Gasteiger partial charge on any atom is 0.140 e. The van der Waals surface area contributed by atoms with Crippen molar-refractivity contribution >= 4 is 11.6 Å². The zero-order valence-corrected chi connectivity index (χ0v) is 16.2. The molecule has 2 aromatic carbocycles. The molecular formula is C23H28O5. The van der Waals surface area contributed by atoms with Crippen molar-refractivity contribution in [3.8, 4) is 11.1 Å². The molecule has 0 amide bonds. The zero-order valence-electron chi connectivity index (χ0n) is 16.2. The average molecular weight is 384 g/mol. The predicted molar refractivity (Wildman–Crippen MR) is 108 cm³/mol. The van der Waals surface area contributed by atoms with Gasteiger partial charge in [0.25, 0.3) is 0 Å². The molecule has 5 heteroatoms. The second-order valence-corrected chi connectivity index (χ2v) is 7.64. The summed E-state index contributed by atoms with van der Waals surface area (Å²) >= 11 is 0. The van der Waals surface area contributed by atoms with Gasteiger partial charge >= 0.3 is 0 Å². The molecule has 0 bridgehead atoms. The molecule has 0 spiro atoms. The van der Waals surface area contributed by atoms with E-state index in [2.05, 4.69) is 24.3 Å². The van der Waals surface area contributed by atoms with Crippen LogP contribution < -0.4 is 0 Å². The van der Waals surface area contributed by atoms with Crippen LogP contribution in [-0.4, -0.2) is 46.7 Å². The van der Waals surface area contributed by atoms with E-state index in [4.69, 9.17) is 15.3 Å². The van der Waals surface area contributed by atoms with Crippen LogP contribution in [0.4, 0.5) is 0 Å². The van der Waals surface area contributed by atoms with Gasteiger partial charge in [-0.3, -0.25) is 9.59 Å². The van der Waals surface area contributed by atoms with Crippen LogP contribution in [0.25, 0.3) is 11.1 Å². The Bertz CT molecular complexity index is 756. The van der Waals surface area contributed by atoms with Gasteiger partial charge in [0.1, 0.15) is 11.6 Å². The molecule has 0 atom stereocenters. The fraction of sp³-hybridized carbons (Fsp3) is 0.391. The molecule has 0 unspecified atom stereocenters. The number of hydrogen-bond acceptors (Lipinski definition) is 5. The first-order chi connectivity index (χ1) is 13.4. The lowest BCUT2D eigenvalue weighted by atomic mass is 9.82. The van der Waals surface area contributed by atoms with E-state index in [9.17, 15) is 9.59 Å². The molecule has 1 aliphatic rings. The Balaban J connectivity index is 0.000000300. The third-order valence-corrected chi connectivity index (χ3v) is 4.95. The summed E-state index contributed by atoms with van der Waals surface area (Å²) in [5, 5.41) is 25.4. The molecular weight excluding hydrogens is 356 g/mol. The third kappa shape index (κ3) is 6.09. The van der Waals surface area contributed by atoms with E-state index in [-0.39, 0.29) is 43.7 Å². The van der Waals surface area contributed by atoms with Crippen LogP contribution in [0.1, 0.15) is 37.7 Å². The molecule has 1 fully saturated rings. The summed E-state index contributed by atoms with van der Waals surface area (Å²) in [6.07, 6.45) is 1.10. The number of carbonyl (C=O) groups is 2. The van der Waals surface area contributed by atoms with Gasteiger partial charge in [0.15, 0.2) is 0 Å². The first-order valence-corrected chi connectivity index (χ1v) is 9.42. The number of ketones is 2. The Hall–Kier alpha value is -2.34. The zero-order chi connectivity index (χ0) is 20.6. The van der Waals surface area contributed by atoms with Gasteiger partial charge < -0.3 is 15.3 Å². The first-order valence-electron chi connectivity index (χ1n) is 9.42. The van der Waals surface area contributed by atoms with E-state index in [0.717, 1.165) is 16.7 Å². The molecule has 2 aromatic rings. The fourth-order valence-electron chi connectivity index (χ4n) is 2.97. The van der Waals surface area contributed by atoms with Gasteiger partial charge in [-0.2, -0.15) is 0 Å². The summed E-state index contributed by atoms with van der Waals surface area (Å²) in [6, 6.07) is 18.3. The Morgan fingerprint density at radius 3 is 1.86 bits per heavy atom. The Kier molecular flexibility index (Phi) is 8.05. The summed E-state index contributed by atoms with van der Waals surface area (Å²) in [6.45, 7) is 1.06. The van der Waals surface area contributed by atoms with Crippen molar-refractivity contribution in [3.63, 3.8) is 0 Å². The van der Waals surface area contributed by atoms with Gasteiger partial charge in [-0.25, -0.2) is 0 Å². The normalized spacial score (nSPS) is 15.1. The second kappa shape index (κ2) is 10.3. The number of aliphatic hydroxyl groups is 3. The van der Waals surface area contributed by atoms with E-state index in [1.54, 1.807) is 6.92 Å².